The molecule has 1 rings (SSSR count). The van der Waals surface area contributed by atoms with Gasteiger partial charge in [0, 0.05) is 12.2 Å². The SMILES string of the molecule is CCC(C)n1cc(Cl)c(N)n1. The molecule has 0 aliphatic heterocycles. The molecule has 0 bridgehead atoms. The Balaban J connectivity index is 2.88. The van der Waals surface area contributed by atoms with E-state index in [2.05, 4.69) is 18.9 Å². The summed E-state index contributed by atoms with van der Waals surface area (Å²) in [7, 11) is 0. The van der Waals surface area contributed by atoms with Crippen LogP contribution in [0.25, 0.3) is 0 Å². The van der Waals surface area contributed by atoms with Gasteiger partial charge in [-0.3, -0.25) is 4.68 Å². The highest BCUT2D eigenvalue weighted by molar-refractivity contribution is 6.32. The molecule has 3 nitrogen and oxygen atoms in total. The molecule has 0 radical (unpaired) electrons. The van der Waals surface area contributed by atoms with Crippen LogP contribution in [0.5, 0.6) is 0 Å². The molecule has 0 aliphatic carbocycles. The maximum Gasteiger partial charge on any atom is 0.164 e. The normalized spacial score (nSPS) is 13.4. The summed E-state index contributed by atoms with van der Waals surface area (Å²) >= 11 is 5.72. The molecule has 1 heterocycles. The fraction of sp³-hybridized carbons (Fsp3) is 0.571. The van der Waals surface area contributed by atoms with Crippen molar-refractivity contribution in [2.24, 2.45) is 0 Å². The lowest BCUT2D eigenvalue weighted by atomic mass is 10.3. The van der Waals surface area contributed by atoms with Crippen LogP contribution >= 0.6 is 11.6 Å². The highest BCUT2D eigenvalue weighted by Crippen LogP contribution is 2.19. The van der Waals surface area contributed by atoms with Gasteiger partial charge in [0.25, 0.3) is 0 Å². The molecular formula is C7H12ClN3. The Kier molecular flexibility index (Phi) is 2.39. The summed E-state index contributed by atoms with van der Waals surface area (Å²) < 4.78 is 1.79. The summed E-state index contributed by atoms with van der Waals surface area (Å²) in [5.41, 5.74) is 5.47. The lowest BCUT2D eigenvalue weighted by molar-refractivity contribution is 0.479. The average molecular weight is 174 g/mol. The number of halogens is 1. The standard InChI is InChI=1S/C7H12ClN3/c1-3-5(2)11-4-6(8)7(9)10-11/h4-5H,3H2,1-2H3,(H2,9,10). The van der Waals surface area contributed by atoms with Gasteiger partial charge in [-0.25, -0.2) is 0 Å². The van der Waals surface area contributed by atoms with Crippen molar-refractivity contribution < 1.29 is 0 Å². The van der Waals surface area contributed by atoms with E-state index in [1.807, 2.05) is 0 Å². The third-order valence-electron chi connectivity index (χ3n) is 1.76. The minimum absolute atomic E-state index is 0.366. The zero-order valence-corrected chi connectivity index (χ0v) is 7.47. The molecular weight excluding hydrogens is 162 g/mol. The van der Waals surface area contributed by atoms with Gasteiger partial charge in [-0.05, 0) is 13.3 Å². The lowest BCUT2D eigenvalue weighted by Crippen LogP contribution is -2.04. The topological polar surface area (TPSA) is 43.8 Å². The number of hydrogen-bond donors (Lipinski definition) is 1. The van der Waals surface area contributed by atoms with Crippen LogP contribution in [-0.4, -0.2) is 9.78 Å². The van der Waals surface area contributed by atoms with Gasteiger partial charge in [0.15, 0.2) is 5.82 Å². The minimum Gasteiger partial charge on any atom is -0.381 e. The molecule has 11 heavy (non-hydrogen) atoms. The maximum atomic E-state index is 5.72. The number of nitrogen functional groups attached to an aromatic ring is 1. The average Bonchev–Trinajstić information content (AvgIpc) is 2.31. The molecule has 2 N–H and O–H groups in total. The van der Waals surface area contributed by atoms with Gasteiger partial charge in [-0.1, -0.05) is 18.5 Å². The van der Waals surface area contributed by atoms with Gasteiger partial charge in [-0.15, -0.1) is 0 Å². The minimum atomic E-state index is 0.366. The molecule has 0 fully saturated rings. The number of aromatic nitrogens is 2. The Labute approximate surface area is 71.1 Å². The highest BCUT2D eigenvalue weighted by Gasteiger charge is 2.06. The first-order valence-corrected chi connectivity index (χ1v) is 4.03. The van der Waals surface area contributed by atoms with Crippen LogP contribution in [0.1, 0.15) is 26.3 Å². The molecule has 0 spiro atoms. The third kappa shape index (κ3) is 1.66. The molecule has 4 heteroatoms. The van der Waals surface area contributed by atoms with Crippen LogP contribution in [0.4, 0.5) is 5.82 Å². The second-order valence-corrected chi connectivity index (χ2v) is 3.01. The molecule has 62 valence electrons. The molecule has 1 aromatic rings. The maximum absolute atomic E-state index is 5.72. The fourth-order valence-corrected chi connectivity index (χ4v) is 0.934. The van der Waals surface area contributed by atoms with Gasteiger partial charge in [0.05, 0.1) is 0 Å². The summed E-state index contributed by atoms with van der Waals surface area (Å²) in [4.78, 5) is 0. The second-order valence-electron chi connectivity index (χ2n) is 2.60. The van der Waals surface area contributed by atoms with Gasteiger partial charge in [0.1, 0.15) is 5.02 Å². The monoisotopic (exact) mass is 173 g/mol. The molecule has 0 aliphatic rings. The second kappa shape index (κ2) is 3.13. The molecule has 0 saturated heterocycles. The first-order chi connectivity index (χ1) is 5.15. The van der Waals surface area contributed by atoms with E-state index in [0.29, 0.717) is 16.9 Å². The Morgan fingerprint density at radius 2 is 2.45 bits per heavy atom. The van der Waals surface area contributed by atoms with Crippen LogP contribution in [0.15, 0.2) is 6.20 Å². The van der Waals surface area contributed by atoms with Crippen LogP contribution < -0.4 is 5.73 Å². The molecule has 1 unspecified atom stereocenters. The number of rotatable bonds is 2. The smallest absolute Gasteiger partial charge is 0.164 e. The molecule has 0 amide bonds. The first kappa shape index (κ1) is 8.40. The fourth-order valence-electron chi connectivity index (χ4n) is 0.796. The number of nitrogens with two attached hydrogens (primary N) is 1. The van der Waals surface area contributed by atoms with E-state index in [1.165, 1.54) is 0 Å². The molecule has 0 aromatic carbocycles. The summed E-state index contributed by atoms with van der Waals surface area (Å²) in [5.74, 6) is 0.409. The third-order valence-corrected chi connectivity index (χ3v) is 2.05. The van der Waals surface area contributed by atoms with Crippen LogP contribution in [0, 0.1) is 0 Å². The van der Waals surface area contributed by atoms with Gasteiger partial charge in [0.2, 0.25) is 0 Å². The first-order valence-electron chi connectivity index (χ1n) is 3.65. The van der Waals surface area contributed by atoms with E-state index < -0.39 is 0 Å². The largest absolute Gasteiger partial charge is 0.381 e. The Morgan fingerprint density at radius 3 is 2.82 bits per heavy atom. The van der Waals surface area contributed by atoms with E-state index in [4.69, 9.17) is 17.3 Å². The van der Waals surface area contributed by atoms with Crippen molar-refractivity contribution in [3.05, 3.63) is 11.2 Å². The number of anilines is 1. The number of hydrogen-bond acceptors (Lipinski definition) is 2. The predicted octanol–water partition coefficient (Wildman–Crippen LogP) is 2.09. The highest BCUT2D eigenvalue weighted by atomic mass is 35.5. The van der Waals surface area contributed by atoms with Crippen LogP contribution in [0.3, 0.4) is 0 Å². The van der Waals surface area contributed by atoms with Crippen molar-refractivity contribution in [3.8, 4) is 0 Å². The Morgan fingerprint density at radius 1 is 1.82 bits per heavy atom. The summed E-state index contributed by atoms with van der Waals surface area (Å²) in [6, 6.07) is 0.366. The van der Waals surface area contributed by atoms with Gasteiger partial charge in [-0.2, -0.15) is 5.10 Å². The van der Waals surface area contributed by atoms with Crippen molar-refractivity contribution in [2.45, 2.75) is 26.3 Å². The molecule has 1 aromatic heterocycles. The lowest BCUT2D eigenvalue weighted by Gasteiger charge is -2.07. The van der Waals surface area contributed by atoms with Gasteiger partial charge < -0.3 is 5.73 Å². The Hall–Kier alpha value is -0.700. The van der Waals surface area contributed by atoms with E-state index in [0.717, 1.165) is 6.42 Å². The zero-order chi connectivity index (χ0) is 8.43. The van der Waals surface area contributed by atoms with E-state index in [9.17, 15) is 0 Å². The number of nitrogens with zero attached hydrogens (tertiary/aromatic N) is 2. The summed E-state index contributed by atoms with van der Waals surface area (Å²) in [5, 5.41) is 4.58. The van der Waals surface area contributed by atoms with Crippen LogP contribution in [-0.2, 0) is 0 Å². The van der Waals surface area contributed by atoms with E-state index >= 15 is 0 Å². The Bertz CT molecular complexity index is 224. The van der Waals surface area contributed by atoms with E-state index in [1.54, 1.807) is 10.9 Å². The summed E-state index contributed by atoms with van der Waals surface area (Å²) in [6.07, 6.45) is 2.78. The van der Waals surface area contributed by atoms with Crippen molar-refractivity contribution >= 4 is 17.4 Å². The van der Waals surface area contributed by atoms with Crippen molar-refractivity contribution in [2.75, 3.05) is 5.73 Å². The van der Waals surface area contributed by atoms with Gasteiger partial charge >= 0.3 is 0 Å². The van der Waals surface area contributed by atoms with E-state index in [-0.39, 0.29) is 0 Å². The van der Waals surface area contributed by atoms with Crippen LogP contribution in [0.2, 0.25) is 5.02 Å². The zero-order valence-electron chi connectivity index (χ0n) is 6.71. The quantitative estimate of drug-likeness (QED) is 0.745. The molecule has 1 atom stereocenters. The van der Waals surface area contributed by atoms with Crippen molar-refractivity contribution in [1.29, 1.82) is 0 Å². The van der Waals surface area contributed by atoms with Crippen molar-refractivity contribution in [1.82, 2.24) is 9.78 Å². The molecule has 0 saturated carbocycles. The predicted molar refractivity (Wildman–Crippen MR) is 46.7 cm³/mol. The summed E-state index contributed by atoms with van der Waals surface area (Å²) in [6.45, 7) is 4.17. The van der Waals surface area contributed by atoms with Crippen molar-refractivity contribution in [3.63, 3.8) is 0 Å².